The van der Waals surface area contributed by atoms with Gasteiger partial charge < -0.3 is 20.0 Å². The number of amides is 4. The van der Waals surface area contributed by atoms with E-state index >= 15 is 4.39 Å². The first kappa shape index (κ1) is 39.1. The Bertz CT molecular complexity index is 2090. The lowest BCUT2D eigenvalue weighted by molar-refractivity contribution is -0.134. The first-order chi connectivity index (χ1) is 27.5. The van der Waals surface area contributed by atoms with Gasteiger partial charge in [0.25, 0.3) is 11.8 Å². The molecule has 0 radical (unpaired) electrons. The van der Waals surface area contributed by atoms with Crippen LogP contribution in [-0.2, 0) is 9.59 Å². The summed E-state index contributed by atoms with van der Waals surface area (Å²) < 4.78 is 15.0. The molecule has 15 heteroatoms. The maximum atomic E-state index is 15.0. The third kappa shape index (κ3) is 8.33. The fourth-order valence-electron chi connectivity index (χ4n) is 9.12. The highest BCUT2D eigenvalue weighted by Gasteiger charge is 2.45. The molecule has 57 heavy (non-hydrogen) atoms. The van der Waals surface area contributed by atoms with Crippen molar-refractivity contribution in [3.63, 3.8) is 0 Å². The molecule has 5 saturated heterocycles. The number of benzene rings is 2. The molecule has 3 aromatic rings. The number of thioether (sulfide) groups is 1. The number of rotatable bonds is 8. The predicted molar refractivity (Wildman–Crippen MR) is 216 cm³/mol. The maximum Gasteiger partial charge on any atom is 0.255 e. The lowest BCUT2D eigenvalue weighted by Crippen LogP contribution is -2.61. The van der Waals surface area contributed by atoms with Crippen molar-refractivity contribution in [3.05, 3.63) is 82.3 Å². The highest BCUT2D eigenvalue weighted by atomic mass is 35.5. The number of pyridine rings is 1. The van der Waals surface area contributed by atoms with Gasteiger partial charge in [-0.3, -0.25) is 29.4 Å². The smallest absolute Gasteiger partial charge is 0.255 e. The van der Waals surface area contributed by atoms with Crippen molar-refractivity contribution < 1.29 is 23.6 Å². The van der Waals surface area contributed by atoms with Crippen molar-refractivity contribution in [1.82, 2.24) is 25.4 Å². The molecular weight excluding hydrogens is 767 g/mol. The van der Waals surface area contributed by atoms with Crippen molar-refractivity contribution in [2.75, 3.05) is 55.6 Å². The average Bonchev–Trinajstić information content (AvgIpc) is 3.51. The number of likely N-dealkylation sites (tertiary alicyclic amines) is 2. The SMILES string of the molecule is C[C@H]1CC2(CCN(C(=O)c3ccc(SC4CCN(C5CN(c6ccc(C(=O)N[C@@H]7CCC(=O)NC7=O)c(F)c6)C5)CC4)nc3)CC2)CN1c1ccc(C#N)c(Cl)c1. The van der Waals surface area contributed by atoms with Crippen molar-refractivity contribution in [3.8, 4) is 6.07 Å². The van der Waals surface area contributed by atoms with Gasteiger partial charge in [-0.05, 0) is 112 Å². The van der Waals surface area contributed by atoms with Gasteiger partial charge in [0.1, 0.15) is 17.9 Å². The second kappa shape index (κ2) is 16.3. The zero-order valence-corrected chi connectivity index (χ0v) is 33.5. The number of nitriles is 1. The minimum absolute atomic E-state index is 0.0347. The van der Waals surface area contributed by atoms with Crippen LogP contribution in [0, 0.1) is 22.6 Å². The fourth-order valence-corrected chi connectivity index (χ4v) is 10.4. The number of imide groups is 1. The summed E-state index contributed by atoms with van der Waals surface area (Å²) in [6.45, 7) is 8.08. The number of carbonyl (C=O) groups is 4. The lowest BCUT2D eigenvalue weighted by atomic mass is 9.76. The molecule has 0 saturated carbocycles. The zero-order chi connectivity index (χ0) is 39.8. The fraction of sp³-hybridized carbons (Fsp3) is 0.476. The third-order valence-electron chi connectivity index (χ3n) is 12.5. The molecule has 298 valence electrons. The molecule has 0 bridgehead atoms. The van der Waals surface area contributed by atoms with E-state index in [1.807, 2.05) is 29.2 Å². The van der Waals surface area contributed by atoms with E-state index in [-0.39, 0.29) is 35.6 Å². The van der Waals surface area contributed by atoms with Crippen LogP contribution in [0.2, 0.25) is 5.02 Å². The summed E-state index contributed by atoms with van der Waals surface area (Å²) in [5.74, 6) is -2.25. The quantitative estimate of drug-likeness (QED) is 0.290. The Morgan fingerprint density at radius 1 is 1.02 bits per heavy atom. The summed E-state index contributed by atoms with van der Waals surface area (Å²) in [5.41, 5.74) is 2.88. The number of aromatic nitrogens is 1. The second-order valence-electron chi connectivity index (χ2n) is 16.2. The molecule has 5 fully saturated rings. The van der Waals surface area contributed by atoms with Crippen LogP contribution in [0.5, 0.6) is 0 Å². The number of anilines is 2. The Kier molecular flexibility index (Phi) is 11.2. The summed E-state index contributed by atoms with van der Waals surface area (Å²) in [5, 5.41) is 15.8. The van der Waals surface area contributed by atoms with Crippen molar-refractivity contribution >= 4 is 58.4 Å². The molecule has 2 atom stereocenters. The van der Waals surface area contributed by atoms with Crippen LogP contribution in [-0.4, -0.2) is 108 Å². The first-order valence-electron chi connectivity index (χ1n) is 19.8. The number of piperidine rings is 3. The van der Waals surface area contributed by atoms with Gasteiger partial charge in [-0.25, -0.2) is 9.37 Å². The number of hydrogen-bond donors (Lipinski definition) is 2. The van der Waals surface area contributed by atoms with Crippen LogP contribution >= 0.6 is 23.4 Å². The maximum absolute atomic E-state index is 15.0. The molecule has 5 aliphatic heterocycles. The van der Waals surface area contributed by atoms with Crippen molar-refractivity contribution in [2.45, 2.75) is 80.3 Å². The minimum Gasteiger partial charge on any atom is -0.368 e. The molecule has 8 rings (SSSR count). The molecule has 1 spiro atoms. The Hall–Kier alpha value is -4.71. The van der Waals surface area contributed by atoms with Gasteiger partial charge in [-0.15, -0.1) is 11.8 Å². The van der Waals surface area contributed by atoms with Crippen LogP contribution in [0.15, 0.2) is 59.8 Å². The van der Waals surface area contributed by atoms with E-state index < -0.39 is 23.7 Å². The summed E-state index contributed by atoms with van der Waals surface area (Å²) in [6, 6.07) is 16.1. The molecule has 1 aromatic heterocycles. The van der Waals surface area contributed by atoms with Crippen molar-refractivity contribution in [2.24, 2.45) is 5.41 Å². The molecule has 2 aromatic carbocycles. The first-order valence-corrected chi connectivity index (χ1v) is 21.0. The summed E-state index contributed by atoms with van der Waals surface area (Å²) in [7, 11) is 0. The molecule has 4 amide bonds. The monoisotopic (exact) mass is 812 g/mol. The Morgan fingerprint density at radius 2 is 1.77 bits per heavy atom. The Labute approximate surface area is 341 Å². The number of nitrogens with zero attached hydrogens (tertiary/aromatic N) is 6. The lowest BCUT2D eigenvalue weighted by Gasteiger charge is -2.48. The summed E-state index contributed by atoms with van der Waals surface area (Å²) >= 11 is 8.12. The Morgan fingerprint density at radius 3 is 2.44 bits per heavy atom. The number of hydrogen-bond acceptors (Lipinski definition) is 10. The highest BCUT2D eigenvalue weighted by Crippen LogP contribution is 2.45. The molecular formula is C42H46ClFN8O4S. The van der Waals surface area contributed by atoms with Crippen LogP contribution in [0.1, 0.15) is 78.1 Å². The van der Waals surface area contributed by atoms with Crippen LogP contribution < -0.4 is 20.4 Å². The molecule has 5 aliphatic rings. The van der Waals surface area contributed by atoms with E-state index in [4.69, 9.17) is 11.6 Å². The van der Waals surface area contributed by atoms with E-state index in [0.29, 0.717) is 39.2 Å². The zero-order valence-electron chi connectivity index (χ0n) is 31.9. The number of carbonyl (C=O) groups excluding carboxylic acids is 4. The van der Waals surface area contributed by atoms with Crippen LogP contribution in [0.3, 0.4) is 0 Å². The van der Waals surface area contributed by atoms with Gasteiger partial charge in [0, 0.05) is 74.0 Å². The molecule has 2 N–H and O–H groups in total. The minimum atomic E-state index is -0.862. The Balaban J connectivity index is 0.759. The van der Waals surface area contributed by atoms with Gasteiger partial charge in [-0.2, -0.15) is 5.26 Å². The van der Waals surface area contributed by atoms with Gasteiger partial charge in [0.05, 0.1) is 26.7 Å². The van der Waals surface area contributed by atoms with Crippen LogP contribution in [0.4, 0.5) is 15.8 Å². The number of nitrogens with one attached hydrogen (secondary N) is 2. The highest BCUT2D eigenvalue weighted by molar-refractivity contribution is 7.99. The standard InChI is InChI=1S/C42H46ClFN8O4S/c1-26-20-42(25-52(26)30-4-2-27(21-45)34(43)18-30)12-16-50(17-13-42)41(56)28-3-9-38(46-22-28)57-32-10-14-49(15-11-32)31-23-51(24-31)29-5-6-33(35(44)19-29)39(54)47-36-7-8-37(53)48-40(36)55/h2-6,9,18-19,22,26,31-32,36H,7-8,10-17,20,23-25H2,1H3,(H,47,54)(H,48,53,55)/t26-,36+/m0/s1. The average molecular weight is 813 g/mol. The van der Waals surface area contributed by atoms with E-state index in [1.54, 1.807) is 30.1 Å². The van der Waals surface area contributed by atoms with Gasteiger partial charge >= 0.3 is 0 Å². The third-order valence-corrected chi connectivity index (χ3v) is 14.1. The summed E-state index contributed by atoms with van der Waals surface area (Å²) in [4.78, 5) is 63.2. The summed E-state index contributed by atoms with van der Waals surface area (Å²) in [6.07, 6.45) is 7.05. The largest absolute Gasteiger partial charge is 0.368 e. The second-order valence-corrected chi connectivity index (χ2v) is 17.9. The van der Waals surface area contributed by atoms with E-state index in [0.717, 1.165) is 88.6 Å². The normalized spacial score (nSPS) is 22.9. The topological polar surface area (TPSA) is 142 Å². The van der Waals surface area contributed by atoms with Crippen LogP contribution in [0.25, 0.3) is 0 Å². The molecule has 12 nitrogen and oxygen atoms in total. The van der Waals surface area contributed by atoms with E-state index in [1.165, 1.54) is 12.1 Å². The van der Waals surface area contributed by atoms with Gasteiger partial charge in [0.2, 0.25) is 11.8 Å². The number of halogens is 2. The molecule has 0 aliphatic carbocycles. The molecule has 0 unspecified atom stereocenters. The molecule has 6 heterocycles. The van der Waals surface area contributed by atoms with Gasteiger partial charge in [0.15, 0.2) is 0 Å². The predicted octanol–water partition coefficient (Wildman–Crippen LogP) is 5.25. The van der Waals surface area contributed by atoms with Crippen molar-refractivity contribution in [1.29, 1.82) is 5.26 Å². The van der Waals surface area contributed by atoms with E-state index in [2.05, 4.69) is 43.3 Å². The van der Waals surface area contributed by atoms with Gasteiger partial charge in [-0.1, -0.05) is 11.6 Å². The van der Waals surface area contributed by atoms with E-state index in [9.17, 15) is 24.4 Å².